The number of hydrogen-bond acceptors (Lipinski definition) is 5. The second kappa shape index (κ2) is 6.27. The van der Waals surface area contributed by atoms with Gasteiger partial charge in [-0.1, -0.05) is 6.08 Å². The lowest BCUT2D eigenvalue weighted by molar-refractivity contribution is -0.0807. The third-order valence-corrected chi connectivity index (χ3v) is 4.38. The number of fused-ring (bicyclic) bond motifs is 1. The minimum absolute atomic E-state index is 0.351. The Morgan fingerprint density at radius 3 is 2.92 bits per heavy atom. The zero-order chi connectivity index (χ0) is 17.4. The molecule has 128 valence electrons. The normalized spacial score (nSPS) is 15.4. The highest BCUT2D eigenvalue weighted by Crippen LogP contribution is 2.35. The van der Waals surface area contributed by atoms with Gasteiger partial charge in [0.1, 0.15) is 23.5 Å². The number of aromatic nitrogens is 3. The Bertz CT molecular complexity index is 967. The summed E-state index contributed by atoms with van der Waals surface area (Å²) in [5, 5.41) is 11.6. The van der Waals surface area contributed by atoms with Gasteiger partial charge in [-0.05, 0) is 36.3 Å². The summed E-state index contributed by atoms with van der Waals surface area (Å²) in [4.78, 5) is 11.9. The summed E-state index contributed by atoms with van der Waals surface area (Å²) in [5.41, 5.74) is 3.92. The zero-order valence-corrected chi connectivity index (χ0v) is 13.7. The van der Waals surface area contributed by atoms with Crippen LogP contribution in [0.5, 0.6) is 5.75 Å². The fourth-order valence-electron chi connectivity index (χ4n) is 3.10. The maximum atomic E-state index is 13.8. The number of hydroxylamine groups is 2. The van der Waals surface area contributed by atoms with Crippen LogP contribution in [-0.4, -0.2) is 45.4 Å². The van der Waals surface area contributed by atoms with Crippen LogP contribution in [0.1, 0.15) is 12.1 Å². The zero-order valence-electron chi connectivity index (χ0n) is 13.7. The molecule has 0 saturated heterocycles. The molecule has 1 aliphatic rings. The Balaban J connectivity index is 1.85. The maximum absolute atomic E-state index is 13.8. The Kier molecular flexibility index (Phi) is 3.95. The smallest absolute Gasteiger partial charge is 0.141 e. The fourth-order valence-corrected chi connectivity index (χ4v) is 3.10. The van der Waals surface area contributed by atoms with Crippen LogP contribution in [0, 0.1) is 5.82 Å². The average molecular weight is 340 g/mol. The Morgan fingerprint density at radius 1 is 1.28 bits per heavy atom. The van der Waals surface area contributed by atoms with Gasteiger partial charge in [0, 0.05) is 29.7 Å². The highest BCUT2D eigenvalue weighted by molar-refractivity contribution is 5.94. The standard InChI is InChI=1S/C18H17FN4O2/c1-25-16-3-2-12(19)8-13(16)17-14-9-15(22-18(14)21-10-20-17)11-4-6-23(24)7-5-11/h2-4,8-10,24H,5-7H2,1H3,(H,20,21,22). The Hall–Kier alpha value is -2.77. The van der Waals surface area contributed by atoms with Crippen LogP contribution in [0.25, 0.3) is 27.9 Å². The van der Waals surface area contributed by atoms with Gasteiger partial charge in [0.15, 0.2) is 0 Å². The van der Waals surface area contributed by atoms with Gasteiger partial charge in [-0.15, -0.1) is 0 Å². The molecule has 2 aromatic heterocycles. The number of ether oxygens (including phenoxy) is 1. The molecular formula is C18H17FN4O2. The van der Waals surface area contributed by atoms with Crippen molar-refractivity contribution in [3.8, 4) is 17.0 Å². The van der Waals surface area contributed by atoms with Gasteiger partial charge in [0.2, 0.25) is 0 Å². The van der Waals surface area contributed by atoms with Gasteiger partial charge in [0.05, 0.1) is 12.8 Å². The van der Waals surface area contributed by atoms with Crippen molar-refractivity contribution in [3.63, 3.8) is 0 Å². The van der Waals surface area contributed by atoms with E-state index in [2.05, 4.69) is 15.0 Å². The van der Waals surface area contributed by atoms with Gasteiger partial charge in [-0.2, -0.15) is 5.06 Å². The highest BCUT2D eigenvalue weighted by atomic mass is 19.1. The summed E-state index contributed by atoms with van der Waals surface area (Å²) in [6.45, 7) is 1.07. The predicted octanol–water partition coefficient (Wildman–Crippen LogP) is 3.25. The number of nitrogens with zero attached hydrogens (tertiary/aromatic N) is 3. The second-order valence-corrected chi connectivity index (χ2v) is 5.90. The third kappa shape index (κ3) is 2.88. The summed E-state index contributed by atoms with van der Waals surface area (Å²) in [6, 6.07) is 6.33. The van der Waals surface area contributed by atoms with Crippen LogP contribution in [0.2, 0.25) is 0 Å². The number of halogens is 1. The van der Waals surface area contributed by atoms with E-state index in [1.54, 1.807) is 13.2 Å². The first-order valence-electron chi connectivity index (χ1n) is 7.96. The summed E-state index contributed by atoms with van der Waals surface area (Å²) >= 11 is 0. The molecule has 6 nitrogen and oxygen atoms in total. The van der Waals surface area contributed by atoms with Gasteiger partial charge in [-0.3, -0.25) is 0 Å². The van der Waals surface area contributed by atoms with E-state index < -0.39 is 0 Å². The molecule has 3 heterocycles. The first-order chi connectivity index (χ1) is 12.2. The molecule has 3 aromatic rings. The molecule has 1 aromatic carbocycles. The third-order valence-electron chi connectivity index (χ3n) is 4.38. The van der Waals surface area contributed by atoms with Crippen LogP contribution in [0.15, 0.2) is 36.7 Å². The Morgan fingerprint density at radius 2 is 2.16 bits per heavy atom. The number of methoxy groups -OCH3 is 1. The van der Waals surface area contributed by atoms with Crippen LogP contribution >= 0.6 is 0 Å². The lowest BCUT2D eigenvalue weighted by Crippen LogP contribution is -2.24. The average Bonchev–Trinajstić information content (AvgIpc) is 3.06. The SMILES string of the molecule is COc1ccc(F)cc1-c1ncnc2[nH]c(C3=CCN(O)CC3)cc12. The van der Waals surface area contributed by atoms with Crippen LogP contribution in [-0.2, 0) is 0 Å². The highest BCUT2D eigenvalue weighted by Gasteiger charge is 2.17. The Labute approximate surface area is 143 Å². The molecule has 0 fully saturated rings. The monoisotopic (exact) mass is 340 g/mol. The number of benzene rings is 1. The van der Waals surface area contributed by atoms with Gasteiger partial charge in [-0.25, -0.2) is 14.4 Å². The van der Waals surface area contributed by atoms with Crippen molar-refractivity contribution in [2.24, 2.45) is 0 Å². The minimum atomic E-state index is -0.351. The number of rotatable bonds is 3. The van der Waals surface area contributed by atoms with Crippen LogP contribution in [0.3, 0.4) is 0 Å². The summed E-state index contributed by atoms with van der Waals surface area (Å²) in [5.74, 6) is 0.202. The second-order valence-electron chi connectivity index (χ2n) is 5.90. The van der Waals surface area contributed by atoms with Crippen molar-refractivity contribution in [2.45, 2.75) is 6.42 Å². The number of H-pyrrole nitrogens is 1. The van der Waals surface area contributed by atoms with Crippen LogP contribution < -0.4 is 4.74 Å². The van der Waals surface area contributed by atoms with Gasteiger partial charge >= 0.3 is 0 Å². The van der Waals surface area contributed by atoms with Crippen molar-refractivity contribution in [1.29, 1.82) is 0 Å². The van der Waals surface area contributed by atoms with E-state index in [9.17, 15) is 9.60 Å². The van der Waals surface area contributed by atoms with E-state index in [1.807, 2.05) is 12.1 Å². The lowest BCUT2D eigenvalue weighted by Gasteiger charge is -2.19. The molecule has 0 unspecified atom stereocenters. The molecule has 7 heteroatoms. The minimum Gasteiger partial charge on any atom is -0.496 e. The molecule has 0 atom stereocenters. The summed E-state index contributed by atoms with van der Waals surface area (Å²) < 4.78 is 19.1. The van der Waals surface area contributed by atoms with Crippen molar-refractivity contribution in [1.82, 2.24) is 20.0 Å². The van der Waals surface area contributed by atoms with Crippen molar-refractivity contribution in [3.05, 3.63) is 48.2 Å². The van der Waals surface area contributed by atoms with Gasteiger partial charge in [0.25, 0.3) is 0 Å². The molecular weight excluding hydrogens is 323 g/mol. The van der Waals surface area contributed by atoms with E-state index in [0.717, 1.165) is 23.1 Å². The molecule has 1 aliphatic heterocycles. The summed E-state index contributed by atoms with van der Waals surface area (Å²) in [7, 11) is 1.55. The first-order valence-corrected chi connectivity index (χ1v) is 7.96. The first kappa shape index (κ1) is 15.7. The number of aromatic amines is 1. The van der Waals surface area contributed by atoms with Crippen molar-refractivity contribution >= 4 is 16.6 Å². The molecule has 0 amide bonds. The van der Waals surface area contributed by atoms with Crippen molar-refractivity contribution in [2.75, 3.05) is 20.2 Å². The lowest BCUT2D eigenvalue weighted by atomic mass is 10.0. The number of nitrogens with one attached hydrogen (secondary N) is 1. The molecule has 2 N–H and O–H groups in total. The van der Waals surface area contributed by atoms with Crippen molar-refractivity contribution < 1.29 is 14.3 Å². The van der Waals surface area contributed by atoms with E-state index in [1.165, 1.54) is 23.5 Å². The molecule has 0 saturated carbocycles. The molecule has 4 rings (SSSR count). The largest absolute Gasteiger partial charge is 0.496 e. The fraction of sp³-hybridized carbons (Fsp3) is 0.222. The molecule has 0 radical (unpaired) electrons. The van der Waals surface area contributed by atoms with Crippen LogP contribution in [0.4, 0.5) is 4.39 Å². The van der Waals surface area contributed by atoms with E-state index >= 15 is 0 Å². The van der Waals surface area contributed by atoms with E-state index in [4.69, 9.17) is 4.74 Å². The molecule has 0 aliphatic carbocycles. The summed E-state index contributed by atoms with van der Waals surface area (Å²) in [6.07, 6.45) is 4.16. The molecule has 0 bridgehead atoms. The predicted molar refractivity (Wildman–Crippen MR) is 91.8 cm³/mol. The number of hydrogen-bond donors (Lipinski definition) is 2. The molecule has 0 spiro atoms. The quantitative estimate of drug-likeness (QED) is 0.765. The maximum Gasteiger partial charge on any atom is 0.141 e. The van der Waals surface area contributed by atoms with E-state index in [0.29, 0.717) is 35.7 Å². The van der Waals surface area contributed by atoms with Gasteiger partial charge < -0.3 is 14.9 Å². The molecule has 25 heavy (non-hydrogen) atoms. The van der Waals surface area contributed by atoms with E-state index in [-0.39, 0.29) is 5.82 Å². The topological polar surface area (TPSA) is 74.3 Å².